The van der Waals surface area contributed by atoms with Gasteiger partial charge in [-0.2, -0.15) is 0 Å². The molecular weight excluding hydrogens is 368 g/mol. The summed E-state index contributed by atoms with van der Waals surface area (Å²) in [5.41, 5.74) is 1.29. The number of hydrogen-bond donors (Lipinski definition) is 1. The third kappa shape index (κ3) is 4.17. The summed E-state index contributed by atoms with van der Waals surface area (Å²) in [6.07, 6.45) is 0.852. The number of nitrogens with one attached hydrogen (secondary N) is 1. The summed E-state index contributed by atoms with van der Waals surface area (Å²) in [6, 6.07) is 13.1. The molecule has 0 aromatic heterocycles. The molecule has 0 atom stereocenters. The lowest BCUT2D eigenvalue weighted by Crippen LogP contribution is -2.29. The third-order valence-corrected chi connectivity index (χ3v) is 5.81. The van der Waals surface area contributed by atoms with E-state index < -0.39 is 10.0 Å². The topological polar surface area (TPSA) is 92.8 Å². The summed E-state index contributed by atoms with van der Waals surface area (Å²) in [7, 11) is -2.13. The summed E-state index contributed by atoms with van der Waals surface area (Å²) >= 11 is 0. The molecule has 2 aromatic rings. The molecule has 1 aliphatic rings. The minimum absolute atomic E-state index is 0.0744. The van der Waals surface area contributed by atoms with Gasteiger partial charge < -0.3 is 4.74 Å². The Hall–Kier alpha value is -2.71. The minimum atomic E-state index is -3.70. The van der Waals surface area contributed by atoms with Crippen molar-refractivity contribution < 1.29 is 22.7 Å². The number of carbonyl (C=O) groups is 2. The van der Waals surface area contributed by atoms with Gasteiger partial charge in [0.2, 0.25) is 21.8 Å². The van der Waals surface area contributed by atoms with E-state index in [2.05, 4.69) is 4.72 Å². The fraction of sp³-hybridized carbons (Fsp3) is 0.263. The molecule has 2 aromatic carbocycles. The van der Waals surface area contributed by atoms with Crippen molar-refractivity contribution in [3.8, 4) is 5.75 Å². The number of rotatable bonds is 7. The first-order chi connectivity index (χ1) is 12.9. The average molecular weight is 388 g/mol. The van der Waals surface area contributed by atoms with E-state index in [-0.39, 0.29) is 36.1 Å². The van der Waals surface area contributed by atoms with E-state index in [9.17, 15) is 18.0 Å². The van der Waals surface area contributed by atoms with Crippen molar-refractivity contribution in [2.75, 3.05) is 18.6 Å². The predicted molar refractivity (Wildman–Crippen MR) is 100 cm³/mol. The molecule has 1 aliphatic heterocycles. The van der Waals surface area contributed by atoms with Gasteiger partial charge in [0.15, 0.2) is 0 Å². The molecule has 0 aliphatic carbocycles. The van der Waals surface area contributed by atoms with E-state index in [0.29, 0.717) is 17.9 Å². The minimum Gasteiger partial charge on any atom is -0.496 e. The molecule has 2 amide bonds. The van der Waals surface area contributed by atoms with Crippen molar-refractivity contribution in [3.63, 3.8) is 0 Å². The van der Waals surface area contributed by atoms with Crippen molar-refractivity contribution in [2.24, 2.45) is 0 Å². The number of sulfonamides is 1. The van der Waals surface area contributed by atoms with Crippen LogP contribution in [0.5, 0.6) is 5.75 Å². The van der Waals surface area contributed by atoms with Gasteiger partial charge in [-0.1, -0.05) is 18.2 Å². The lowest BCUT2D eigenvalue weighted by atomic mass is 10.1. The molecule has 0 radical (unpaired) electrons. The molecule has 1 fully saturated rings. The van der Waals surface area contributed by atoms with Crippen molar-refractivity contribution in [2.45, 2.75) is 24.2 Å². The standard InChI is InChI=1S/C19H20N2O5S/c1-26-17-5-3-2-4-14(17)12-13-20-27(24,25)16-8-6-15(7-9-16)21-18(22)10-11-19(21)23/h2-9,20H,10-13H2,1H3. The Bertz CT molecular complexity index is 938. The van der Waals surface area contributed by atoms with Gasteiger partial charge >= 0.3 is 0 Å². The van der Waals surface area contributed by atoms with Gasteiger partial charge in [0, 0.05) is 19.4 Å². The van der Waals surface area contributed by atoms with Crippen LogP contribution >= 0.6 is 0 Å². The zero-order chi connectivity index (χ0) is 19.4. The molecule has 0 unspecified atom stereocenters. The van der Waals surface area contributed by atoms with Crippen LogP contribution in [-0.2, 0) is 26.0 Å². The zero-order valence-electron chi connectivity index (χ0n) is 14.8. The van der Waals surface area contributed by atoms with Gasteiger partial charge in [0.05, 0.1) is 17.7 Å². The summed E-state index contributed by atoms with van der Waals surface area (Å²) in [4.78, 5) is 24.7. The third-order valence-electron chi connectivity index (χ3n) is 4.34. The second kappa shape index (κ2) is 7.89. The average Bonchev–Trinajstić information content (AvgIpc) is 3.00. The summed E-state index contributed by atoms with van der Waals surface area (Å²) in [5.74, 6) is 0.164. The first kappa shape index (κ1) is 19.1. The lowest BCUT2D eigenvalue weighted by Gasteiger charge is -2.14. The molecule has 142 valence electrons. The molecular formula is C19H20N2O5S. The van der Waals surface area contributed by atoms with Crippen LogP contribution in [0.2, 0.25) is 0 Å². The Labute approximate surface area is 158 Å². The van der Waals surface area contributed by atoms with Crippen molar-refractivity contribution in [3.05, 3.63) is 54.1 Å². The number of methoxy groups -OCH3 is 1. The molecule has 1 N–H and O–H groups in total. The molecule has 27 heavy (non-hydrogen) atoms. The summed E-state index contributed by atoms with van der Waals surface area (Å²) in [6.45, 7) is 0.216. The highest BCUT2D eigenvalue weighted by atomic mass is 32.2. The zero-order valence-corrected chi connectivity index (χ0v) is 15.7. The number of ether oxygens (including phenoxy) is 1. The van der Waals surface area contributed by atoms with E-state index in [1.807, 2.05) is 24.3 Å². The highest BCUT2D eigenvalue weighted by Gasteiger charge is 2.30. The molecule has 0 saturated carbocycles. The van der Waals surface area contributed by atoms with Gasteiger partial charge in [0.1, 0.15) is 5.75 Å². The maximum atomic E-state index is 12.4. The molecule has 8 heteroatoms. The Morgan fingerprint density at radius 1 is 1.00 bits per heavy atom. The fourth-order valence-electron chi connectivity index (χ4n) is 2.95. The normalized spacial score (nSPS) is 14.6. The molecule has 3 rings (SSSR count). The van der Waals surface area contributed by atoms with E-state index in [0.717, 1.165) is 10.5 Å². The fourth-order valence-corrected chi connectivity index (χ4v) is 3.98. The van der Waals surface area contributed by atoms with Gasteiger partial charge in [-0.05, 0) is 42.3 Å². The first-order valence-electron chi connectivity index (χ1n) is 8.50. The van der Waals surface area contributed by atoms with Crippen molar-refractivity contribution in [1.29, 1.82) is 0 Å². The number of hydrogen-bond acceptors (Lipinski definition) is 5. The van der Waals surface area contributed by atoms with Crippen LogP contribution in [-0.4, -0.2) is 33.9 Å². The van der Waals surface area contributed by atoms with Crippen LogP contribution in [0.25, 0.3) is 0 Å². The molecule has 0 spiro atoms. The highest BCUT2D eigenvalue weighted by Crippen LogP contribution is 2.24. The summed E-state index contributed by atoms with van der Waals surface area (Å²) in [5, 5.41) is 0. The predicted octanol–water partition coefficient (Wildman–Crippen LogP) is 1.87. The second-order valence-corrected chi connectivity index (χ2v) is 7.84. The number of amides is 2. The van der Waals surface area contributed by atoms with Crippen LogP contribution in [0.3, 0.4) is 0 Å². The second-order valence-electron chi connectivity index (χ2n) is 6.08. The Morgan fingerprint density at radius 2 is 1.63 bits per heavy atom. The Morgan fingerprint density at radius 3 is 2.26 bits per heavy atom. The van der Waals surface area contributed by atoms with Crippen LogP contribution < -0.4 is 14.4 Å². The largest absolute Gasteiger partial charge is 0.496 e. The number of imide groups is 1. The summed E-state index contributed by atoms with van der Waals surface area (Å²) < 4.78 is 32.7. The van der Waals surface area contributed by atoms with E-state index in [1.54, 1.807) is 7.11 Å². The number of para-hydroxylation sites is 1. The lowest BCUT2D eigenvalue weighted by molar-refractivity contribution is -0.121. The van der Waals surface area contributed by atoms with E-state index in [4.69, 9.17) is 4.74 Å². The number of anilines is 1. The van der Waals surface area contributed by atoms with Crippen molar-refractivity contribution >= 4 is 27.5 Å². The smallest absolute Gasteiger partial charge is 0.240 e. The van der Waals surface area contributed by atoms with Crippen LogP contribution in [0, 0.1) is 0 Å². The van der Waals surface area contributed by atoms with Gasteiger partial charge in [0.25, 0.3) is 0 Å². The molecule has 1 heterocycles. The molecule has 0 bridgehead atoms. The highest BCUT2D eigenvalue weighted by molar-refractivity contribution is 7.89. The molecule has 7 nitrogen and oxygen atoms in total. The van der Waals surface area contributed by atoms with E-state index in [1.165, 1.54) is 24.3 Å². The SMILES string of the molecule is COc1ccccc1CCNS(=O)(=O)c1ccc(N2C(=O)CCC2=O)cc1. The monoisotopic (exact) mass is 388 g/mol. The Balaban J connectivity index is 1.66. The van der Waals surface area contributed by atoms with Crippen molar-refractivity contribution in [1.82, 2.24) is 4.72 Å². The van der Waals surface area contributed by atoms with Gasteiger partial charge in [-0.15, -0.1) is 0 Å². The first-order valence-corrected chi connectivity index (χ1v) is 9.98. The number of benzene rings is 2. The number of carbonyl (C=O) groups excluding carboxylic acids is 2. The van der Waals surface area contributed by atoms with Crippen LogP contribution in [0.1, 0.15) is 18.4 Å². The van der Waals surface area contributed by atoms with E-state index >= 15 is 0 Å². The quantitative estimate of drug-likeness (QED) is 0.731. The Kier molecular flexibility index (Phi) is 5.57. The number of nitrogens with zero attached hydrogens (tertiary/aromatic N) is 1. The van der Waals surface area contributed by atoms with Crippen LogP contribution in [0.4, 0.5) is 5.69 Å². The van der Waals surface area contributed by atoms with Gasteiger partial charge in [-0.25, -0.2) is 13.1 Å². The molecule has 1 saturated heterocycles. The van der Waals surface area contributed by atoms with Gasteiger partial charge in [-0.3, -0.25) is 14.5 Å². The van der Waals surface area contributed by atoms with Crippen LogP contribution in [0.15, 0.2) is 53.4 Å². The maximum absolute atomic E-state index is 12.4. The maximum Gasteiger partial charge on any atom is 0.240 e.